The van der Waals surface area contributed by atoms with Gasteiger partial charge in [-0.05, 0) is 51.7 Å². The summed E-state index contributed by atoms with van der Waals surface area (Å²) < 4.78 is 0. The van der Waals surface area contributed by atoms with E-state index >= 15 is 0 Å². The van der Waals surface area contributed by atoms with E-state index in [-0.39, 0.29) is 5.91 Å². The minimum atomic E-state index is 0.0788. The van der Waals surface area contributed by atoms with Crippen molar-refractivity contribution in [2.75, 3.05) is 27.2 Å². The number of hydrogen-bond acceptors (Lipinski definition) is 4. The molecule has 4 nitrogen and oxygen atoms in total. The number of halogens is 2. The van der Waals surface area contributed by atoms with E-state index in [4.69, 9.17) is 23.2 Å². The highest BCUT2D eigenvalue weighted by Crippen LogP contribution is 2.23. The normalized spacial score (nSPS) is 11.1. The minimum absolute atomic E-state index is 0.0788. The number of aryl methyl sites for hydroxylation is 1. The number of nitrogens with zero attached hydrogens (tertiary/aromatic N) is 3. The highest BCUT2D eigenvalue weighted by molar-refractivity contribution is 7.09. The van der Waals surface area contributed by atoms with Gasteiger partial charge in [0.15, 0.2) is 0 Å². The summed E-state index contributed by atoms with van der Waals surface area (Å²) in [5.41, 5.74) is 1.81. The molecule has 0 bridgehead atoms. The van der Waals surface area contributed by atoms with Crippen molar-refractivity contribution in [2.45, 2.75) is 26.3 Å². The maximum Gasteiger partial charge on any atom is 0.228 e. The van der Waals surface area contributed by atoms with Crippen molar-refractivity contribution in [3.8, 4) is 0 Å². The molecule has 0 aliphatic rings. The van der Waals surface area contributed by atoms with E-state index in [2.05, 4.69) is 9.88 Å². The van der Waals surface area contributed by atoms with Crippen LogP contribution >= 0.6 is 34.5 Å². The topological polar surface area (TPSA) is 36.4 Å². The number of benzene rings is 1. The van der Waals surface area contributed by atoms with E-state index in [1.165, 1.54) is 0 Å². The Bertz CT molecular complexity index is 718. The Balaban J connectivity index is 2.07. The molecule has 2 aromatic rings. The fourth-order valence-corrected chi connectivity index (χ4v) is 3.42. The Kier molecular flexibility index (Phi) is 7.69. The lowest BCUT2D eigenvalue weighted by Crippen LogP contribution is -2.34. The van der Waals surface area contributed by atoms with E-state index in [1.54, 1.807) is 17.4 Å². The first-order chi connectivity index (χ1) is 11.8. The lowest BCUT2D eigenvalue weighted by molar-refractivity contribution is -0.131. The van der Waals surface area contributed by atoms with Crippen molar-refractivity contribution >= 4 is 40.4 Å². The van der Waals surface area contributed by atoms with Crippen molar-refractivity contribution in [1.82, 2.24) is 14.8 Å². The Morgan fingerprint density at radius 3 is 2.56 bits per heavy atom. The van der Waals surface area contributed by atoms with E-state index < -0.39 is 0 Å². The highest BCUT2D eigenvalue weighted by atomic mass is 35.5. The third-order valence-corrected chi connectivity index (χ3v) is 5.30. The number of carbonyl (C=O) groups excluding carboxylic acids is 1. The molecule has 0 saturated heterocycles. The van der Waals surface area contributed by atoms with Crippen LogP contribution in [0, 0.1) is 6.92 Å². The molecule has 0 aliphatic heterocycles. The standard InChI is InChI=1S/C18H23Cl2N3OS/c1-13-21-15(12-25-13)10-18(24)23(8-4-7-22(2)3)11-14-5-6-16(19)17(20)9-14/h5-6,9,12H,4,7-8,10-11H2,1-3H3. The lowest BCUT2D eigenvalue weighted by atomic mass is 10.2. The molecule has 2 rings (SSSR count). The van der Waals surface area contributed by atoms with E-state index in [1.807, 2.05) is 43.4 Å². The van der Waals surface area contributed by atoms with Crippen molar-refractivity contribution in [1.29, 1.82) is 0 Å². The number of aromatic nitrogens is 1. The van der Waals surface area contributed by atoms with Gasteiger partial charge in [0.25, 0.3) is 0 Å². The van der Waals surface area contributed by atoms with Gasteiger partial charge in [0.05, 0.1) is 27.2 Å². The summed E-state index contributed by atoms with van der Waals surface area (Å²) in [5.74, 6) is 0.0788. The number of rotatable bonds is 8. The summed E-state index contributed by atoms with van der Waals surface area (Å²) in [6.45, 7) is 4.09. The molecule has 0 aliphatic carbocycles. The van der Waals surface area contributed by atoms with Crippen LogP contribution in [0.4, 0.5) is 0 Å². The van der Waals surface area contributed by atoms with E-state index in [0.29, 0.717) is 29.6 Å². The summed E-state index contributed by atoms with van der Waals surface area (Å²) in [6, 6.07) is 5.50. The predicted octanol–water partition coefficient (Wildman–Crippen LogP) is 4.28. The molecule has 1 aromatic carbocycles. The molecule has 1 heterocycles. The van der Waals surface area contributed by atoms with Crippen LogP contribution in [0.3, 0.4) is 0 Å². The monoisotopic (exact) mass is 399 g/mol. The summed E-state index contributed by atoms with van der Waals surface area (Å²) >= 11 is 13.7. The molecular formula is C18H23Cl2N3OS. The first kappa shape index (κ1) is 20.2. The van der Waals surface area contributed by atoms with Gasteiger partial charge < -0.3 is 9.80 Å². The molecule has 0 N–H and O–H groups in total. The van der Waals surface area contributed by atoms with Crippen LogP contribution in [0.2, 0.25) is 10.0 Å². The van der Waals surface area contributed by atoms with Gasteiger partial charge >= 0.3 is 0 Å². The van der Waals surface area contributed by atoms with Crippen LogP contribution in [0.15, 0.2) is 23.6 Å². The Hall–Kier alpha value is -1.14. The molecule has 0 radical (unpaired) electrons. The predicted molar refractivity (Wildman–Crippen MR) is 106 cm³/mol. The molecule has 1 amide bonds. The average Bonchev–Trinajstić information content (AvgIpc) is 2.94. The smallest absolute Gasteiger partial charge is 0.228 e. The van der Waals surface area contributed by atoms with Crippen molar-refractivity contribution in [3.63, 3.8) is 0 Å². The molecule has 0 spiro atoms. The number of hydrogen-bond donors (Lipinski definition) is 0. The molecule has 0 unspecified atom stereocenters. The van der Waals surface area contributed by atoms with Crippen LogP contribution in [0.5, 0.6) is 0 Å². The summed E-state index contributed by atoms with van der Waals surface area (Å²) in [7, 11) is 4.06. The maximum absolute atomic E-state index is 12.8. The van der Waals surface area contributed by atoms with E-state index in [0.717, 1.165) is 29.2 Å². The van der Waals surface area contributed by atoms with E-state index in [9.17, 15) is 4.79 Å². The lowest BCUT2D eigenvalue weighted by Gasteiger charge is -2.24. The zero-order chi connectivity index (χ0) is 18.4. The van der Waals surface area contributed by atoms with Gasteiger partial charge in [0, 0.05) is 18.5 Å². The molecule has 1 aromatic heterocycles. The largest absolute Gasteiger partial charge is 0.338 e. The zero-order valence-electron chi connectivity index (χ0n) is 14.8. The fraction of sp³-hybridized carbons (Fsp3) is 0.444. The van der Waals surface area contributed by atoms with Gasteiger partial charge in [-0.3, -0.25) is 4.79 Å². The summed E-state index contributed by atoms with van der Waals surface area (Å²) in [4.78, 5) is 21.2. The van der Waals surface area contributed by atoms with Crippen LogP contribution in [0.1, 0.15) is 22.7 Å². The third kappa shape index (κ3) is 6.59. The Morgan fingerprint density at radius 1 is 1.20 bits per heavy atom. The minimum Gasteiger partial charge on any atom is -0.338 e. The third-order valence-electron chi connectivity index (χ3n) is 3.74. The number of carbonyl (C=O) groups is 1. The fourth-order valence-electron chi connectivity index (χ4n) is 2.48. The van der Waals surface area contributed by atoms with Crippen LogP contribution < -0.4 is 0 Å². The second kappa shape index (κ2) is 9.53. The highest BCUT2D eigenvalue weighted by Gasteiger charge is 2.16. The first-order valence-electron chi connectivity index (χ1n) is 8.12. The van der Waals surface area contributed by atoms with Crippen LogP contribution in [-0.4, -0.2) is 47.9 Å². The zero-order valence-corrected chi connectivity index (χ0v) is 17.1. The van der Waals surface area contributed by atoms with Crippen LogP contribution in [0.25, 0.3) is 0 Å². The number of thiazole rings is 1. The van der Waals surface area contributed by atoms with Gasteiger partial charge in [-0.25, -0.2) is 4.98 Å². The summed E-state index contributed by atoms with van der Waals surface area (Å²) in [6.07, 6.45) is 1.24. The molecule has 0 fully saturated rings. The van der Waals surface area contributed by atoms with Crippen molar-refractivity contribution < 1.29 is 4.79 Å². The molecule has 0 saturated carbocycles. The molecule has 25 heavy (non-hydrogen) atoms. The van der Waals surface area contributed by atoms with Crippen molar-refractivity contribution in [2.24, 2.45) is 0 Å². The first-order valence-corrected chi connectivity index (χ1v) is 9.76. The Labute approximate surface area is 163 Å². The van der Waals surface area contributed by atoms with Gasteiger partial charge in [-0.2, -0.15) is 0 Å². The van der Waals surface area contributed by atoms with Crippen LogP contribution in [-0.2, 0) is 17.8 Å². The maximum atomic E-state index is 12.8. The molecule has 7 heteroatoms. The van der Waals surface area contributed by atoms with Gasteiger partial charge in [0.1, 0.15) is 0 Å². The van der Waals surface area contributed by atoms with Crippen molar-refractivity contribution in [3.05, 3.63) is 49.9 Å². The second-order valence-electron chi connectivity index (χ2n) is 6.26. The van der Waals surface area contributed by atoms with Gasteiger partial charge in [0.2, 0.25) is 5.91 Å². The number of amides is 1. The molecule has 136 valence electrons. The quantitative estimate of drug-likeness (QED) is 0.664. The Morgan fingerprint density at radius 2 is 1.96 bits per heavy atom. The average molecular weight is 400 g/mol. The SMILES string of the molecule is Cc1nc(CC(=O)N(CCCN(C)C)Cc2ccc(Cl)c(Cl)c2)cs1. The van der Waals surface area contributed by atoms with Gasteiger partial charge in [-0.15, -0.1) is 11.3 Å². The molecule has 0 atom stereocenters. The van der Waals surface area contributed by atoms with Gasteiger partial charge in [-0.1, -0.05) is 29.3 Å². The second-order valence-corrected chi connectivity index (χ2v) is 8.13. The summed E-state index contributed by atoms with van der Waals surface area (Å²) in [5, 5.41) is 3.96. The molecular weight excluding hydrogens is 377 g/mol.